The van der Waals surface area contributed by atoms with Crippen LogP contribution in [-0.2, 0) is 0 Å². The van der Waals surface area contributed by atoms with Crippen LogP contribution in [0.25, 0.3) is 111 Å². The minimum absolute atomic E-state index is 0.587. The number of fused-ring (bicyclic) bond motifs is 9. The molecule has 0 saturated heterocycles. The fourth-order valence-electron chi connectivity index (χ4n) is 8.34. The summed E-state index contributed by atoms with van der Waals surface area (Å²) in [5.41, 5.74) is 10.7. The lowest BCUT2D eigenvalue weighted by Crippen LogP contribution is -2.06. The SMILES string of the molecule is c1ccc(-c2ccc(-c3nc(-c4ccc5ccccc5c4)nc(-c4ccc5c6ccccc6n(-c6nc7ccccc7c7nc8ccccc8n67)c5c4)n3)cc2)cc1. The van der Waals surface area contributed by atoms with E-state index in [1.165, 1.54) is 0 Å². The quantitative estimate of drug-likeness (QED) is 0.176. The molecule has 0 radical (unpaired) electrons. The van der Waals surface area contributed by atoms with Gasteiger partial charge in [-0.2, -0.15) is 0 Å². The van der Waals surface area contributed by atoms with Crippen molar-refractivity contribution in [2.45, 2.75) is 0 Å². The lowest BCUT2D eigenvalue weighted by molar-refractivity contribution is 0.979. The Hall–Kier alpha value is -8.03. The molecule has 4 aromatic heterocycles. The highest BCUT2D eigenvalue weighted by Crippen LogP contribution is 2.37. The van der Waals surface area contributed by atoms with Gasteiger partial charge >= 0.3 is 0 Å². The van der Waals surface area contributed by atoms with Gasteiger partial charge in [-0.1, -0.05) is 146 Å². The van der Waals surface area contributed by atoms with Crippen LogP contribution in [0.5, 0.6) is 0 Å². The van der Waals surface area contributed by atoms with Crippen LogP contribution in [0.3, 0.4) is 0 Å². The number of aromatic nitrogens is 7. The number of hydrogen-bond donors (Lipinski definition) is 0. The van der Waals surface area contributed by atoms with E-state index in [4.69, 9.17) is 24.9 Å². The Kier molecular flexibility index (Phi) is 7.09. The van der Waals surface area contributed by atoms with Gasteiger partial charge in [-0.3, -0.25) is 8.97 Å². The molecule has 0 unspecified atom stereocenters. The first kappa shape index (κ1) is 32.2. The van der Waals surface area contributed by atoms with Crippen molar-refractivity contribution < 1.29 is 0 Å². The number of rotatable bonds is 5. The van der Waals surface area contributed by atoms with E-state index in [-0.39, 0.29) is 0 Å². The lowest BCUT2D eigenvalue weighted by Gasteiger charge is -2.13. The first-order valence-electron chi connectivity index (χ1n) is 19.3. The second kappa shape index (κ2) is 12.8. The maximum absolute atomic E-state index is 5.38. The van der Waals surface area contributed by atoms with Crippen LogP contribution in [-0.4, -0.2) is 33.9 Å². The summed E-state index contributed by atoms with van der Waals surface area (Å²) in [7, 11) is 0. The molecule has 0 atom stereocenters. The van der Waals surface area contributed by atoms with Crippen molar-refractivity contribution in [3.8, 4) is 51.2 Å². The Morgan fingerprint density at radius 1 is 0.310 bits per heavy atom. The van der Waals surface area contributed by atoms with Crippen LogP contribution < -0.4 is 0 Å². The van der Waals surface area contributed by atoms with E-state index in [1.807, 2.05) is 24.3 Å². The average molecular weight is 742 g/mol. The zero-order valence-electron chi connectivity index (χ0n) is 31.0. The smallest absolute Gasteiger partial charge is 0.221 e. The normalized spacial score (nSPS) is 11.8. The average Bonchev–Trinajstić information content (AvgIpc) is 3.85. The van der Waals surface area contributed by atoms with Gasteiger partial charge in [-0.25, -0.2) is 24.9 Å². The van der Waals surface area contributed by atoms with Crippen LogP contribution >= 0.6 is 0 Å². The first-order chi connectivity index (χ1) is 28.7. The van der Waals surface area contributed by atoms with Crippen LogP contribution in [0.4, 0.5) is 0 Å². The summed E-state index contributed by atoms with van der Waals surface area (Å²) in [5.74, 6) is 2.57. The highest BCUT2D eigenvalue weighted by Gasteiger charge is 2.21. The summed E-state index contributed by atoms with van der Waals surface area (Å²) in [6.07, 6.45) is 0. The highest BCUT2D eigenvalue weighted by molar-refractivity contribution is 6.10. The largest absolute Gasteiger partial charge is 0.279 e. The Morgan fingerprint density at radius 3 is 1.67 bits per heavy atom. The van der Waals surface area contributed by atoms with Crippen molar-refractivity contribution in [2.75, 3.05) is 0 Å². The van der Waals surface area contributed by atoms with Crippen molar-refractivity contribution >= 4 is 60.2 Å². The van der Waals surface area contributed by atoms with E-state index in [0.717, 1.165) is 93.9 Å². The summed E-state index contributed by atoms with van der Waals surface area (Å²) >= 11 is 0. The van der Waals surface area contributed by atoms with Crippen molar-refractivity contribution in [3.05, 3.63) is 188 Å². The van der Waals surface area contributed by atoms with Gasteiger partial charge in [0.15, 0.2) is 17.5 Å². The molecule has 270 valence electrons. The van der Waals surface area contributed by atoms with Crippen LogP contribution in [0.2, 0.25) is 0 Å². The molecule has 0 aliphatic rings. The maximum Gasteiger partial charge on any atom is 0.221 e. The molecule has 0 fully saturated rings. The number of nitrogens with zero attached hydrogens (tertiary/aromatic N) is 7. The Morgan fingerprint density at radius 2 is 0.862 bits per heavy atom. The molecule has 0 N–H and O–H groups in total. The monoisotopic (exact) mass is 741 g/mol. The van der Waals surface area contributed by atoms with E-state index in [0.29, 0.717) is 17.5 Å². The molecule has 0 saturated carbocycles. The van der Waals surface area contributed by atoms with Crippen molar-refractivity contribution in [2.24, 2.45) is 0 Å². The predicted molar refractivity (Wildman–Crippen MR) is 235 cm³/mol. The van der Waals surface area contributed by atoms with Crippen molar-refractivity contribution in [1.29, 1.82) is 0 Å². The van der Waals surface area contributed by atoms with Crippen molar-refractivity contribution in [3.63, 3.8) is 0 Å². The molecule has 58 heavy (non-hydrogen) atoms. The fourth-order valence-corrected chi connectivity index (χ4v) is 8.34. The number of imidazole rings is 1. The Balaban J connectivity index is 1.10. The van der Waals surface area contributed by atoms with Gasteiger partial charge in [0.25, 0.3) is 0 Å². The minimum atomic E-state index is 0.587. The molecule has 0 spiro atoms. The maximum atomic E-state index is 5.38. The third kappa shape index (κ3) is 5.11. The van der Waals surface area contributed by atoms with E-state index in [9.17, 15) is 0 Å². The highest BCUT2D eigenvalue weighted by atomic mass is 15.2. The molecule has 12 rings (SSSR count). The van der Waals surface area contributed by atoms with Crippen molar-refractivity contribution in [1.82, 2.24) is 33.9 Å². The third-order valence-electron chi connectivity index (χ3n) is 11.2. The summed E-state index contributed by atoms with van der Waals surface area (Å²) in [6.45, 7) is 0. The standard InChI is InChI=1S/C51H31N7/c1-2-12-32(13-3-1)34-22-25-35(26-23-34)47-54-48(37-27-24-33-14-4-5-15-36(33)30-37)56-49(55-47)38-28-29-40-39-16-7-10-20-44(39)57(46(40)31-38)51-53-42-18-8-6-17-41(42)50-52-43-19-9-11-21-45(43)58(50)51/h1-31H. The molecule has 8 aromatic carbocycles. The second-order valence-electron chi connectivity index (χ2n) is 14.6. The molecule has 7 heteroatoms. The zero-order chi connectivity index (χ0) is 38.2. The number of hydrogen-bond acceptors (Lipinski definition) is 5. The van der Waals surface area contributed by atoms with E-state index in [1.54, 1.807) is 0 Å². The second-order valence-corrected chi connectivity index (χ2v) is 14.6. The summed E-state index contributed by atoms with van der Waals surface area (Å²) in [5, 5.41) is 5.52. The minimum Gasteiger partial charge on any atom is -0.279 e. The molecule has 4 heterocycles. The molecular weight excluding hydrogens is 711 g/mol. The molecule has 7 nitrogen and oxygen atoms in total. The van der Waals surface area contributed by atoms with Gasteiger partial charge in [-0.05, 0) is 64.4 Å². The third-order valence-corrected chi connectivity index (χ3v) is 11.2. The van der Waals surface area contributed by atoms with E-state index < -0.39 is 0 Å². The number of para-hydroxylation sites is 4. The Bertz CT molecular complexity index is 3570. The van der Waals surface area contributed by atoms with Crippen LogP contribution in [0.15, 0.2) is 188 Å². The summed E-state index contributed by atoms with van der Waals surface area (Å²) in [6, 6.07) is 65.1. The number of benzene rings is 8. The predicted octanol–water partition coefficient (Wildman–Crippen LogP) is 12.1. The topological polar surface area (TPSA) is 73.8 Å². The van der Waals surface area contributed by atoms with Gasteiger partial charge in [-0.15, -0.1) is 0 Å². The molecule has 0 amide bonds. The lowest BCUT2D eigenvalue weighted by atomic mass is 10.0. The Labute approximate surface area is 332 Å². The van der Waals surface area contributed by atoms with Gasteiger partial charge < -0.3 is 0 Å². The molecular formula is C51H31N7. The molecule has 0 bridgehead atoms. The molecule has 12 aromatic rings. The van der Waals surface area contributed by atoms with Gasteiger partial charge in [0.2, 0.25) is 5.95 Å². The van der Waals surface area contributed by atoms with Gasteiger partial charge in [0.1, 0.15) is 5.65 Å². The molecule has 0 aliphatic carbocycles. The fraction of sp³-hybridized carbons (Fsp3) is 0. The van der Waals surface area contributed by atoms with E-state index in [2.05, 4.69) is 173 Å². The van der Waals surface area contributed by atoms with Crippen LogP contribution in [0.1, 0.15) is 0 Å². The molecule has 0 aliphatic heterocycles. The van der Waals surface area contributed by atoms with Gasteiger partial charge in [0, 0.05) is 32.8 Å². The van der Waals surface area contributed by atoms with E-state index >= 15 is 0 Å². The summed E-state index contributed by atoms with van der Waals surface area (Å²) in [4.78, 5) is 26.0. The zero-order valence-corrected chi connectivity index (χ0v) is 31.0. The first-order valence-corrected chi connectivity index (χ1v) is 19.3. The van der Waals surface area contributed by atoms with Gasteiger partial charge in [0.05, 0.1) is 27.6 Å². The summed E-state index contributed by atoms with van der Waals surface area (Å²) < 4.78 is 4.45. The van der Waals surface area contributed by atoms with Crippen LogP contribution in [0, 0.1) is 0 Å².